The van der Waals surface area contributed by atoms with Gasteiger partial charge >= 0.3 is 0 Å². The van der Waals surface area contributed by atoms with Crippen molar-refractivity contribution in [3.8, 4) is 0 Å². The molecule has 0 saturated carbocycles. The van der Waals surface area contributed by atoms with Crippen LogP contribution in [-0.4, -0.2) is 25.2 Å². The second-order valence-corrected chi connectivity index (χ2v) is 6.49. The van der Waals surface area contributed by atoms with Crippen LogP contribution in [0, 0.1) is 11.3 Å². The molecule has 0 spiro atoms. The maximum Gasteiger partial charge on any atom is 0.0278 e. The summed E-state index contributed by atoms with van der Waals surface area (Å²) in [4.78, 5) is 0. The van der Waals surface area contributed by atoms with Crippen LogP contribution < -0.4 is 10.6 Å². The Morgan fingerprint density at radius 3 is 2.53 bits per heavy atom. The van der Waals surface area contributed by atoms with E-state index in [1.54, 1.807) is 0 Å². The van der Waals surface area contributed by atoms with Gasteiger partial charge in [-0.1, -0.05) is 27.7 Å². The van der Waals surface area contributed by atoms with Gasteiger partial charge in [-0.15, -0.1) is 0 Å². The van der Waals surface area contributed by atoms with Crippen molar-refractivity contribution in [3.63, 3.8) is 0 Å². The number of hydrogen-bond acceptors (Lipinski definition) is 2. The van der Waals surface area contributed by atoms with E-state index in [-0.39, 0.29) is 0 Å². The molecule has 2 N–H and O–H groups in total. The molecule has 15 heavy (non-hydrogen) atoms. The summed E-state index contributed by atoms with van der Waals surface area (Å²) >= 11 is 0. The third kappa shape index (κ3) is 4.12. The Labute approximate surface area is 95.2 Å². The Morgan fingerprint density at radius 2 is 2.07 bits per heavy atom. The van der Waals surface area contributed by atoms with E-state index in [9.17, 15) is 0 Å². The van der Waals surface area contributed by atoms with Crippen LogP contribution in [0.1, 0.15) is 47.5 Å². The average molecular weight is 212 g/mol. The first-order valence-electron chi connectivity index (χ1n) is 6.29. The van der Waals surface area contributed by atoms with E-state index in [2.05, 4.69) is 45.3 Å². The van der Waals surface area contributed by atoms with Gasteiger partial charge in [0.15, 0.2) is 0 Å². The van der Waals surface area contributed by atoms with Gasteiger partial charge in [-0.05, 0) is 44.2 Å². The van der Waals surface area contributed by atoms with Crippen molar-refractivity contribution in [2.45, 2.75) is 53.0 Å². The highest BCUT2D eigenvalue weighted by Gasteiger charge is 2.28. The molecule has 0 aromatic rings. The summed E-state index contributed by atoms with van der Waals surface area (Å²) in [5.74, 6) is 0.725. The molecule has 1 fully saturated rings. The molecule has 1 aliphatic rings. The average Bonchev–Trinajstić information content (AvgIpc) is 2.50. The van der Waals surface area contributed by atoms with Gasteiger partial charge in [-0.25, -0.2) is 0 Å². The minimum Gasteiger partial charge on any atom is -0.315 e. The molecule has 90 valence electrons. The van der Waals surface area contributed by atoms with Crippen LogP contribution >= 0.6 is 0 Å². The van der Waals surface area contributed by atoms with E-state index in [0.29, 0.717) is 11.0 Å². The monoisotopic (exact) mass is 212 g/mol. The third-order valence-corrected chi connectivity index (χ3v) is 3.90. The molecule has 2 nitrogen and oxygen atoms in total. The Bertz CT molecular complexity index is 187. The van der Waals surface area contributed by atoms with E-state index in [0.717, 1.165) is 19.0 Å². The number of rotatable bonds is 4. The zero-order valence-electron chi connectivity index (χ0n) is 11.1. The minimum atomic E-state index is 0.345. The van der Waals surface area contributed by atoms with E-state index in [4.69, 9.17) is 0 Å². The van der Waals surface area contributed by atoms with Crippen molar-refractivity contribution >= 4 is 0 Å². The fraction of sp³-hybridized carbons (Fsp3) is 1.00. The summed E-state index contributed by atoms with van der Waals surface area (Å²) in [5, 5.41) is 7.19. The van der Waals surface area contributed by atoms with Gasteiger partial charge in [0.1, 0.15) is 0 Å². The Balaban J connectivity index is 2.21. The second-order valence-electron chi connectivity index (χ2n) is 6.49. The summed E-state index contributed by atoms with van der Waals surface area (Å²) in [5.41, 5.74) is 0.759. The molecule has 0 aliphatic carbocycles. The number of nitrogens with one attached hydrogen (secondary N) is 2. The molecule has 0 bridgehead atoms. The molecule has 2 heteroatoms. The van der Waals surface area contributed by atoms with Gasteiger partial charge in [0.2, 0.25) is 0 Å². The summed E-state index contributed by atoms with van der Waals surface area (Å²) in [6.07, 6.45) is 2.64. The maximum atomic E-state index is 3.61. The van der Waals surface area contributed by atoms with Gasteiger partial charge < -0.3 is 10.6 Å². The Morgan fingerprint density at radius 1 is 1.40 bits per heavy atom. The van der Waals surface area contributed by atoms with E-state index in [1.165, 1.54) is 19.4 Å². The van der Waals surface area contributed by atoms with E-state index >= 15 is 0 Å². The first kappa shape index (κ1) is 13.0. The van der Waals surface area contributed by atoms with Crippen LogP contribution in [0.15, 0.2) is 0 Å². The highest BCUT2D eigenvalue weighted by Crippen LogP contribution is 2.24. The first-order valence-corrected chi connectivity index (χ1v) is 6.29. The van der Waals surface area contributed by atoms with Gasteiger partial charge in [-0.3, -0.25) is 0 Å². The van der Waals surface area contributed by atoms with E-state index in [1.807, 2.05) is 0 Å². The Hall–Kier alpha value is -0.0800. The molecule has 0 aromatic carbocycles. The minimum absolute atomic E-state index is 0.345. The van der Waals surface area contributed by atoms with E-state index < -0.39 is 0 Å². The van der Waals surface area contributed by atoms with Crippen LogP contribution in [0.5, 0.6) is 0 Å². The molecule has 2 atom stereocenters. The van der Waals surface area contributed by atoms with Gasteiger partial charge in [0.25, 0.3) is 0 Å². The molecule has 1 rings (SSSR count). The maximum absolute atomic E-state index is 3.61. The molecule has 2 unspecified atom stereocenters. The van der Waals surface area contributed by atoms with Gasteiger partial charge in [0, 0.05) is 12.1 Å². The lowest BCUT2D eigenvalue weighted by atomic mass is 9.82. The zero-order valence-corrected chi connectivity index (χ0v) is 11.1. The predicted octanol–water partition coefficient (Wildman–Crippen LogP) is 2.40. The SMILES string of the molecule is CC(CNCC1(C)CCCN1)C(C)(C)C. The second kappa shape index (κ2) is 4.84. The van der Waals surface area contributed by atoms with Crippen LogP contribution in [0.25, 0.3) is 0 Å². The molecule has 0 radical (unpaired) electrons. The van der Waals surface area contributed by atoms with Crippen LogP contribution in [0.4, 0.5) is 0 Å². The van der Waals surface area contributed by atoms with Crippen molar-refractivity contribution in [1.29, 1.82) is 0 Å². The topological polar surface area (TPSA) is 24.1 Å². The fourth-order valence-electron chi connectivity index (χ4n) is 1.98. The lowest BCUT2D eigenvalue weighted by molar-refractivity contribution is 0.244. The lowest BCUT2D eigenvalue weighted by Gasteiger charge is -2.30. The van der Waals surface area contributed by atoms with Crippen LogP contribution in [0.3, 0.4) is 0 Å². The third-order valence-electron chi connectivity index (χ3n) is 3.90. The molecule has 1 heterocycles. The molecule has 0 amide bonds. The van der Waals surface area contributed by atoms with Crippen molar-refractivity contribution < 1.29 is 0 Å². The predicted molar refractivity (Wildman–Crippen MR) is 67.1 cm³/mol. The first-order chi connectivity index (χ1) is 6.83. The highest BCUT2D eigenvalue weighted by molar-refractivity contribution is 4.90. The fourth-order valence-corrected chi connectivity index (χ4v) is 1.98. The number of hydrogen-bond donors (Lipinski definition) is 2. The van der Waals surface area contributed by atoms with Crippen molar-refractivity contribution in [2.75, 3.05) is 19.6 Å². The molecule has 0 aromatic heterocycles. The normalized spacial score (nSPS) is 29.4. The Kier molecular flexibility index (Phi) is 4.19. The largest absolute Gasteiger partial charge is 0.315 e. The summed E-state index contributed by atoms with van der Waals surface area (Å²) in [6.45, 7) is 15.0. The summed E-state index contributed by atoms with van der Waals surface area (Å²) in [7, 11) is 0. The standard InChI is InChI=1S/C13H28N2/c1-11(12(2,3)4)9-14-10-13(5)7-6-8-15-13/h11,14-15H,6-10H2,1-5H3. The summed E-state index contributed by atoms with van der Waals surface area (Å²) in [6, 6.07) is 0. The lowest BCUT2D eigenvalue weighted by Crippen LogP contribution is -2.47. The van der Waals surface area contributed by atoms with Crippen LogP contribution in [-0.2, 0) is 0 Å². The van der Waals surface area contributed by atoms with Crippen molar-refractivity contribution in [2.24, 2.45) is 11.3 Å². The molecule has 1 saturated heterocycles. The molecule has 1 aliphatic heterocycles. The van der Waals surface area contributed by atoms with Crippen molar-refractivity contribution in [1.82, 2.24) is 10.6 Å². The van der Waals surface area contributed by atoms with Gasteiger partial charge in [-0.2, -0.15) is 0 Å². The smallest absolute Gasteiger partial charge is 0.0278 e. The van der Waals surface area contributed by atoms with Crippen molar-refractivity contribution in [3.05, 3.63) is 0 Å². The quantitative estimate of drug-likeness (QED) is 0.748. The van der Waals surface area contributed by atoms with Crippen LogP contribution in [0.2, 0.25) is 0 Å². The summed E-state index contributed by atoms with van der Waals surface area (Å²) < 4.78 is 0. The zero-order chi connectivity index (χ0) is 11.5. The molecular formula is C13H28N2. The highest BCUT2D eigenvalue weighted by atomic mass is 15.0. The molecular weight excluding hydrogens is 184 g/mol. The van der Waals surface area contributed by atoms with Gasteiger partial charge in [0.05, 0.1) is 0 Å².